The molecule has 1 aliphatic heterocycles. The third kappa shape index (κ3) is 6.12. The number of hydrogen-bond acceptors (Lipinski definition) is 6. The Hall–Kier alpha value is -0.820. The van der Waals surface area contributed by atoms with Crippen molar-refractivity contribution in [2.24, 2.45) is 5.92 Å². The summed E-state index contributed by atoms with van der Waals surface area (Å²) in [5.41, 5.74) is 0.836. The maximum absolute atomic E-state index is 12.2. The van der Waals surface area contributed by atoms with Gasteiger partial charge < -0.3 is 0 Å². The second kappa shape index (κ2) is 10.0. The van der Waals surface area contributed by atoms with Gasteiger partial charge in [-0.15, -0.1) is 11.8 Å². The summed E-state index contributed by atoms with van der Waals surface area (Å²) >= 11 is 2.76. The summed E-state index contributed by atoms with van der Waals surface area (Å²) in [5.74, 6) is 1.28. The van der Waals surface area contributed by atoms with Crippen molar-refractivity contribution in [1.82, 2.24) is 4.90 Å². The smallest absolute Gasteiger partial charge is 0.242 e. The monoisotopic (exact) mass is 345 g/mol. The van der Waals surface area contributed by atoms with Gasteiger partial charge in [0.25, 0.3) is 0 Å². The van der Waals surface area contributed by atoms with Gasteiger partial charge in [-0.2, -0.15) is 0 Å². The number of thioether (sulfide) groups is 2. The first-order valence-corrected chi connectivity index (χ1v) is 9.61. The minimum atomic E-state index is -0.305. The number of rotatable bonds is 11. The van der Waals surface area contributed by atoms with Crippen molar-refractivity contribution < 1.29 is 19.2 Å². The van der Waals surface area contributed by atoms with Gasteiger partial charge in [0, 0.05) is 31.1 Å². The molecule has 1 rings (SSSR count). The summed E-state index contributed by atoms with van der Waals surface area (Å²) in [6, 6.07) is 0. The van der Waals surface area contributed by atoms with Crippen molar-refractivity contribution in [1.29, 1.82) is 0 Å². The summed E-state index contributed by atoms with van der Waals surface area (Å²) in [6.07, 6.45) is 2.34. The fraction of sp³-hybridized carbons (Fsp3) is 0.733. The number of Topliss-reactive ketones (excluding diaryl/α,β-unsaturated/α-hetero) is 1. The number of imide groups is 1. The molecule has 1 heterocycles. The molecule has 0 N–H and O–H groups in total. The van der Waals surface area contributed by atoms with E-state index in [1.54, 1.807) is 0 Å². The SMILES string of the molecule is CC(C)C(=O)CCN1C(=O)CC(SCCCCSC=O)C1=O. The molecule has 0 saturated carbocycles. The average Bonchev–Trinajstić information content (AvgIpc) is 2.74. The zero-order chi connectivity index (χ0) is 16.5. The molecule has 0 bridgehead atoms. The van der Waals surface area contributed by atoms with Crippen LogP contribution in [0.5, 0.6) is 0 Å². The second-order valence-corrected chi connectivity index (χ2v) is 7.74. The number of carbonyl (C=O) groups excluding carboxylic acids is 4. The highest BCUT2D eigenvalue weighted by molar-refractivity contribution is 8.11. The predicted molar refractivity (Wildman–Crippen MR) is 90.5 cm³/mol. The lowest BCUT2D eigenvalue weighted by molar-refractivity contribution is -0.138. The summed E-state index contributed by atoms with van der Waals surface area (Å²) in [4.78, 5) is 47.1. The lowest BCUT2D eigenvalue weighted by atomic mass is 10.1. The highest BCUT2D eigenvalue weighted by Crippen LogP contribution is 2.26. The van der Waals surface area contributed by atoms with Gasteiger partial charge in [0.2, 0.25) is 11.8 Å². The number of nitrogens with zero attached hydrogens (tertiary/aromatic N) is 1. The van der Waals surface area contributed by atoms with Crippen LogP contribution in [0, 0.1) is 5.92 Å². The van der Waals surface area contributed by atoms with Crippen LogP contribution in [0.2, 0.25) is 0 Å². The first kappa shape index (κ1) is 19.2. The van der Waals surface area contributed by atoms with E-state index in [0.29, 0.717) is 0 Å². The summed E-state index contributed by atoms with van der Waals surface area (Å²) in [6.45, 7) is 3.84. The van der Waals surface area contributed by atoms with Crippen LogP contribution in [0.1, 0.15) is 39.5 Å². The third-order valence-corrected chi connectivity index (χ3v) is 5.43. The van der Waals surface area contributed by atoms with Gasteiger partial charge in [-0.05, 0) is 18.6 Å². The topological polar surface area (TPSA) is 71.5 Å². The number of ketones is 1. The highest BCUT2D eigenvalue weighted by atomic mass is 32.2. The predicted octanol–water partition coefficient (Wildman–Crippen LogP) is 2.17. The normalized spacial score (nSPS) is 18.3. The van der Waals surface area contributed by atoms with Gasteiger partial charge in [-0.25, -0.2) is 0 Å². The van der Waals surface area contributed by atoms with Crippen molar-refractivity contribution in [2.45, 2.75) is 44.8 Å². The van der Waals surface area contributed by atoms with Crippen LogP contribution in [-0.2, 0) is 19.2 Å². The second-order valence-electron chi connectivity index (χ2n) is 5.49. The molecular weight excluding hydrogens is 322 g/mol. The zero-order valence-corrected chi connectivity index (χ0v) is 14.7. The van der Waals surface area contributed by atoms with Gasteiger partial charge in [0.1, 0.15) is 5.78 Å². The Morgan fingerprint density at radius 1 is 1.32 bits per heavy atom. The summed E-state index contributed by atoms with van der Waals surface area (Å²) in [5, 5.41) is -0.305. The molecular formula is C15H23NO4S2. The highest BCUT2D eigenvalue weighted by Gasteiger charge is 2.38. The van der Waals surface area contributed by atoms with Gasteiger partial charge in [0.05, 0.1) is 5.25 Å². The largest absolute Gasteiger partial charge is 0.299 e. The molecule has 5 nitrogen and oxygen atoms in total. The number of unbranched alkanes of at least 4 members (excludes halogenated alkanes) is 1. The van der Waals surface area contributed by atoms with E-state index in [9.17, 15) is 19.2 Å². The van der Waals surface area contributed by atoms with E-state index in [1.165, 1.54) is 28.4 Å². The van der Waals surface area contributed by atoms with E-state index in [4.69, 9.17) is 0 Å². The fourth-order valence-electron chi connectivity index (χ4n) is 2.09. The number of amides is 2. The molecule has 1 saturated heterocycles. The van der Waals surface area contributed by atoms with Crippen molar-refractivity contribution in [3.63, 3.8) is 0 Å². The number of likely N-dealkylation sites (tertiary alicyclic amines) is 1. The molecule has 22 heavy (non-hydrogen) atoms. The van der Waals surface area contributed by atoms with Crippen molar-refractivity contribution >= 4 is 46.7 Å². The lowest BCUT2D eigenvalue weighted by Crippen LogP contribution is -2.33. The first-order chi connectivity index (χ1) is 10.5. The molecule has 0 aromatic heterocycles. The van der Waals surface area contributed by atoms with E-state index in [0.717, 1.165) is 30.0 Å². The molecule has 1 atom stereocenters. The van der Waals surface area contributed by atoms with Gasteiger partial charge in [-0.1, -0.05) is 25.6 Å². The van der Waals surface area contributed by atoms with Crippen molar-refractivity contribution in [3.05, 3.63) is 0 Å². The number of hydrogen-bond donors (Lipinski definition) is 0. The third-order valence-electron chi connectivity index (χ3n) is 3.47. The van der Waals surface area contributed by atoms with E-state index in [-0.39, 0.29) is 48.2 Å². The molecule has 2 amide bonds. The van der Waals surface area contributed by atoms with Crippen molar-refractivity contribution in [3.8, 4) is 0 Å². The Kier molecular flexibility index (Phi) is 8.78. The van der Waals surface area contributed by atoms with Crippen LogP contribution in [0.25, 0.3) is 0 Å². The fourth-order valence-corrected chi connectivity index (χ4v) is 3.74. The first-order valence-electron chi connectivity index (χ1n) is 7.51. The molecule has 1 aliphatic rings. The van der Waals surface area contributed by atoms with E-state index in [2.05, 4.69) is 0 Å². The van der Waals surface area contributed by atoms with Crippen LogP contribution in [0.3, 0.4) is 0 Å². The Morgan fingerprint density at radius 2 is 2.00 bits per heavy atom. The van der Waals surface area contributed by atoms with Gasteiger partial charge in [-0.3, -0.25) is 24.1 Å². The molecule has 1 fully saturated rings. The zero-order valence-electron chi connectivity index (χ0n) is 13.1. The molecule has 0 aliphatic carbocycles. The Morgan fingerprint density at radius 3 is 2.64 bits per heavy atom. The summed E-state index contributed by atoms with van der Waals surface area (Å²) in [7, 11) is 0. The van der Waals surface area contributed by atoms with E-state index < -0.39 is 0 Å². The summed E-state index contributed by atoms with van der Waals surface area (Å²) < 4.78 is 0. The van der Waals surface area contributed by atoms with Crippen LogP contribution in [0.15, 0.2) is 0 Å². The quantitative estimate of drug-likeness (QED) is 0.325. The van der Waals surface area contributed by atoms with E-state index >= 15 is 0 Å². The average molecular weight is 345 g/mol. The molecule has 0 spiro atoms. The van der Waals surface area contributed by atoms with E-state index in [1.807, 2.05) is 13.8 Å². The maximum Gasteiger partial charge on any atom is 0.242 e. The van der Waals surface area contributed by atoms with Crippen molar-refractivity contribution in [2.75, 3.05) is 18.1 Å². The standard InChI is InChI=1S/C15H23NO4S2/c1-11(2)12(18)5-6-16-14(19)9-13(15(16)20)22-8-4-3-7-21-10-17/h10-11,13H,3-9H2,1-2H3. The molecule has 0 radical (unpaired) electrons. The molecule has 7 heteroatoms. The van der Waals surface area contributed by atoms with Crippen LogP contribution in [0.4, 0.5) is 0 Å². The Balaban J connectivity index is 2.31. The molecule has 1 unspecified atom stereocenters. The molecule has 124 valence electrons. The lowest BCUT2D eigenvalue weighted by Gasteiger charge is -2.15. The van der Waals surface area contributed by atoms with Crippen LogP contribution < -0.4 is 0 Å². The van der Waals surface area contributed by atoms with Crippen LogP contribution in [-0.4, -0.2) is 51.4 Å². The Bertz CT molecular complexity index is 426. The number of carbonyl (C=O) groups is 4. The minimum Gasteiger partial charge on any atom is -0.299 e. The molecule has 0 aromatic carbocycles. The van der Waals surface area contributed by atoms with Crippen LogP contribution >= 0.6 is 23.5 Å². The minimum absolute atomic E-state index is 0.0674. The Labute approximate surface area is 139 Å². The van der Waals surface area contributed by atoms with Gasteiger partial charge in [0.15, 0.2) is 5.62 Å². The molecule has 0 aromatic rings. The maximum atomic E-state index is 12.2. The van der Waals surface area contributed by atoms with Gasteiger partial charge >= 0.3 is 0 Å².